The van der Waals surface area contributed by atoms with Gasteiger partial charge in [-0.2, -0.15) is 0 Å². The van der Waals surface area contributed by atoms with E-state index in [4.69, 9.17) is 5.73 Å². The van der Waals surface area contributed by atoms with Crippen molar-refractivity contribution >= 4 is 17.8 Å². The summed E-state index contributed by atoms with van der Waals surface area (Å²) in [6.07, 6.45) is 0.610. The Morgan fingerprint density at radius 1 is 1.35 bits per heavy atom. The van der Waals surface area contributed by atoms with Gasteiger partial charge >= 0.3 is 6.03 Å². The Kier molecular flexibility index (Phi) is 4.95. The molecule has 0 saturated carbocycles. The monoisotopic (exact) mass is 322 g/mol. The molecule has 4 amide bonds. The summed E-state index contributed by atoms with van der Waals surface area (Å²) in [6.45, 7) is 1.97. The van der Waals surface area contributed by atoms with Gasteiger partial charge in [0.1, 0.15) is 17.9 Å². The standard InChI is InChI=1S/C15H19FN4O3/c1-15(10-3-5-11(16)6-4-10)13(22)20(14(23)19-15)9-12(21)18-8-2-7-17/h3-6H,2,7-9,17H2,1H3,(H,18,21)(H,19,23). The normalized spacial score (nSPS) is 20.6. The summed E-state index contributed by atoms with van der Waals surface area (Å²) in [6, 6.07) is 4.62. The molecule has 1 aromatic carbocycles. The first-order valence-electron chi connectivity index (χ1n) is 7.25. The zero-order valence-corrected chi connectivity index (χ0v) is 12.8. The number of imide groups is 1. The topological polar surface area (TPSA) is 105 Å². The number of urea groups is 1. The third kappa shape index (κ3) is 3.48. The van der Waals surface area contributed by atoms with E-state index in [0.29, 0.717) is 25.1 Å². The lowest BCUT2D eigenvalue weighted by molar-refractivity contribution is -0.134. The van der Waals surface area contributed by atoms with Crippen LogP contribution in [0.4, 0.5) is 9.18 Å². The van der Waals surface area contributed by atoms with E-state index in [2.05, 4.69) is 10.6 Å². The first kappa shape index (κ1) is 16.9. The number of rotatable bonds is 6. The first-order valence-corrected chi connectivity index (χ1v) is 7.25. The molecule has 0 spiro atoms. The van der Waals surface area contributed by atoms with Crippen LogP contribution in [0.3, 0.4) is 0 Å². The van der Waals surface area contributed by atoms with Crippen molar-refractivity contribution in [2.75, 3.05) is 19.6 Å². The van der Waals surface area contributed by atoms with Crippen LogP contribution in [0, 0.1) is 5.82 Å². The second kappa shape index (κ2) is 6.74. The molecule has 1 heterocycles. The van der Waals surface area contributed by atoms with Gasteiger partial charge in [0.25, 0.3) is 5.91 Å². The Hall–Kier alpha value is -2.48. The molecule has 4 N–H and O–H groups in total. The van der Waals surface area contributed by atoms with Crippen molar-refractivity contribution < 1.29 is 18.8 Å². The number of amides is 4. The van der Waals surface area contributed by atoms with Crippen molar-refractivity contribution in [1.29, 1.82) is 0 Å². The number of nitrogens with two attached hydrogens (primary N) is 1. The van der Waals surface area contributed by atoms with Crippen LogP contribution in [-0.2, 0) is 15.1 Å². The molecule has 1 saturated heterocycles. The van der Waals surface area contributed by atoms with Gasteiger partial charge in [-0.15, -0.1) is 0 Å². The molecular formula is C15H19FN4O3. The summed E-state index contributed by atoms with van der Waals surface area (Å²) < 4.78 is 13.0. The van der Waals surface area contributed by atoms with Crippen LogP contribution in [0.1, 0.15) is 18.9 Å². The molecule has 1 aromatic rings. The molecule has 1 atom stereocenters. The van der Waals surface area contributed by atoms with E-state index in [0.717, 1.165) is 4.90 Å². The van der Waals surface area contributed by atoms with Crippen LogP contribution < -0.4 is 16.4 Å². The summed E-state index contributed by atoms with van der Waals surface area (Å²) in [5, 5.41) is 5.14. The summed E-state index contributed by atoms with van der Waals surface area (Å²) in [4.78, 5) is 37.2. The fourth-order valence-electron chi connectivity index (χ4n) is 2.35. The Balaban J connectivity index is 2.10. The summed E-state index contributed by atoms with van der Waals surface area (Å²) >= 11 is 0. The average molecular weight is 322 g/mol. The van der Waals surface area contributed by atoms with E-state index < -0.39 is 29.2 Å². The predicted octanol–water partition coefficient (Wildman–Crippen LogP) is 0.0577. The first-order chi connectivity index (χ1) is 10.9. The molecule has 1 aliphatic heterocycles. The summed E-state index contributed by atoms with van der Waals surface area (Å²) in [7, 11) is 0. The molecule has 0 aromatic heterocycles. The van der Waals surface area contributed by atoms with Crippen LogP contribution in [0.25, 0.3) is 0 Å². The highest BCUT2D eigenvalue weighted by Gasteiger charge is 2.49. The van der Waals surface area contributed by atoms with E-state index in [1.807, 2.05) is 0 Å². The molecule has 0 radical (unpaired) electrons. The van der Waals surface area contributed by atoms with E-state index in [-0.39, 0.29) is 6.54 Å². The lowest BCUT2D eigenvalue weighted by atomic mass is 9.92. The van der Waals surface area contributed by atoms with Gasteiger partial charge < -0.3 is 16.4 Å². The average Bonchev–Trinajstić information content (AvgIpc) is 2.72. The summed E-state index contributed by atoms with van der Waals surface area (Å²) in [5.41, 5.74) is 4.46. The second-order valence-corrected chi connectivity index (χ2v) is 5.45. The highest BCUT2D eigenvalue weighted by Crippen LogP contribution is 2.28. The number of benzene rings is 1. The molecule has 23 heavy (non-hydrogen) atoms. The SMILES string of the molecule is CC1(c2ccc(F)cc2)NC(=O)N(CC(=O)NCCCN)C1=O. The number of hydrogen-bond acceptors (Lipinski definition) is 4. The minimum absolute atomic E-state index is 0.369. The molecule has 7 nitrogen and oxygen atoms in total. The Morgan fingerprint density at radius 3 is 2.61 bits per heavy atom. The van der Waals surface area contributed by atoms with E-state index in [9.17, 15) is 18.8 Å². The van der Waals surface area contributed by atoms with Crippen LogP contribution >= 0.6 is 0 Å². The van der Waals surface area contributed by atoms with Gasteiger partial charge in [0.15, 0.2) is 0 Å². The molecular weight excluding hydrogens is 303 g/mol. The third-order valence-electron chi connectivity index (χ3n) is 3.70. The minimum Gasteiger partial charge on any atom is -0.354 e. The van der Waals surface area contributed by atoms with Crippen molar-refractivity contribution in [1.82, 2.24) is 15.5 Å². The molecule has 124 valence electrons. The van der Waals surface area contributed by atoms with E-state index in [1.165, 1.54) is 31.2 Å². The van der Waals surface area contributed by atoms with E-state index in [1.54, 1.807) is 0 Å². The third-order valence-corrected chi connectivity index (χ3v) is 3.70. The smallest absolute Gasteiger partial charge is 0.325 e. The molecule has 0 aliphatic carbocycles. The van der Waals surface area contributed by atoms with Crippen molar-refractivity contribution in [3.8, 4) is 0 Å². The van der Waals surface area contributed by atoms with Crippen LogP contribution in [0.5, 0.6) is 0 Å². The van der Waals surface area contributed by atoms with Crippen LogP contribution in [0.2, 0.25) is 0 Å². The highest BCUT2D eigenvalue weighted by atomic mass is 19.1. The molecule has 1 unspecified atom stereocenters. The number of nitrogens with zero attached hydrogens (tertiary/aromatic N) is 1. The van der Waals surface area contributed by atoms with Crippen LogP contribution in [-0.4, -0.2) is 42.4 Å². The fraction of sp³-hybridized carbons (Fsp3) is 0.400. The zero-order valence-electron chi connectivity index (χ0n) is 12.8. The molecule has 1 fully saturated rings. The van der Waals surface area contributed by atoms with Crippen LogP contribution in [0.15, 0.2) is 24.3 Å². The van der Waals surface area contributed by atoms with Gasteiger partial charge in [0.2, 0.25) is 5.91 Å². The fourth-order valence-corrected chi connectivity index (χ4v) is 2.35. The molecule has 2 rings (SSSR count). The number of carbonyl (C=O) groups excluding carboxylic acids is 3. The van der Waals surface area contributed by atoms with Gasteiger partial charge in [-0.25, -0.2) is 9.18 Å². The number of halogens is 1. The van der Waals surface area contributed by atoms with Gasteiger partial charge in [-0.1, -0.05) is 12.1 Å². The molecule has 8 heteroatoms. The zero-order chi connectivity index (χ0) is 17.0. The quantitative estimate of drug-likeness (QED) is 0.509. The predicted molar refractivity (Wildman–Crippen MR) is 80.7 cm³/mol. The van der Waals surface area contributed by atoms with Crippen molar-refractivity contribution in [3.63, 3.8) is 0 Å². The Labute approximate surface area is 133 Å². The van der Waals surface area contributed by atoms with Crippen molar-refractivity contribution in [2.45, 2.75) is 18.9 Å². The largest absolute Gasteiger partial charge is 0.354 e. The Bertz CT molecular complexity index is 620. The van der Waals surface area contributed by atoms with Gasteiger partial charge in [0.05, 0.1) is 0 Å². The lowest BCUT2D eigenvalue weighted by Gasteiger charge is -2.22. The maximum Gasteiger partial charge on any atom is 0.325 e. The lowest BCUT2D eigenvalue weighted by Crippen LogP contribution is -2.43. The molecule has 1 aliphatic rings. The maximum atomic E-state index is 13.0. The Morgan fingerprint density at radius 2 is 2.00 bits per heavy atom. The van der Waals surface area contributed by atoms with Gasteiger partial charge in [-0.05, 0) is 37.6 Å². The van der Waals surface area contributed by atoms with Gasteiger partial charge in [-0.3, -0.25) is 14.5 Å². The van der Waals surface area contributed by atoms with Gasteiger partial charge in [0, 0.05) is 6.54 Å². The molecule has 0 bridgehead atoms. The maximum absolute atomic E-state index is 13.0. The second-order valence-electron chi connectivity index (χ2n) is 5.45. The van der Waals surface area contributed by atoms with Crippen molar-refractivity contribution in [2.24, 2.45) is 5.73 Å². The van der Waals surface area contributed by atoms with Crippen molar-refractivity contribution in [3.05, 3.63) is 35.6 Å². The number of nitrogens with one attached hydrogen (secondary N) is 2. The summed E-state index contributed by atoms with van der Waals surface area (Å²) in [5.74, 6) is -1.43. The number of carbonyl (C=O) groups is 3. The highest BCUT2D eigenvalue weighted by molar-refractivity contribution is 6.09. The number of hydrogen-bond donors (Lipinski definition) is 3. The van der Waals surface area contributed by atoms with E-state index >= 15 is 0 Å². The minimum atomic E-state index is -1.32.